The van der Waals surface area contributed by atoms with Crippen LogP contribution < -0.4 is 0 Å². The lowest BCUT2D eigenvalue weighted by Crippen LogP contribution is -2.10. The van der Waals surface area contributed by atoms with E-state index in [-0.39, 0.29) is 5.41 Å². The molecule has 0 aliphatic carbocycles. The van der Waals surface area contributed by atoms with Crippen LogP contribution in [0.3, 0.4) is 0 Å². The molecular formula is C14H18O. The van der Waals surface area contributed by atoms with Gasteiger partial charge in [-0.2, -0.15) is 0 Å². The Kier molecular flexibility index (Phi) is 3.80. The van der Waals surface area contributed by atoms with Crippen LogP contribution in [0, 0.1) is 12.0 Å². The first kappa shape index (κ1) is 11.7. The van der Waals surface area contributed by atoms with Crippen molar-refractivity contribution < 1.29 is 4.74 Å². The van der Waals surface area contributed by atoms with Gasteiger partial charge in [-0.3, -0.25) is 0 Å². The molecule has 0 aliphatic heterocycles. The van der Waals surface area contributed by atoms with Gasteiger partial charge < -0.3 is 4.74 Å². The molecule has 1 rings (SSSR count). The largest absolute Gasteiger partial charge is 0.447 e. The van der Waals surface area contributed by atoms with E-state index in [0.29, 0.717) is 6.61 Å². The molecule has 0 aliphatic rings. The number of hydrogen-bond donors (Lipinski definition) is 0. The Hall–Kier alpha value is -1.42. The van der Waals surface area contributed by atoms with Crippen LogP contribution in [0.1, 0.15) is 38.8 Å². The van der Waals surface area contributed by atoms with Gasteiger partial charge in [-0.1, -0.05) is 32.9 Å². The van der Waals surface area contributed by atoms with Gasteiger partial charge >= 0.3 is 0 Å². The van der Waals surface area contributed by atoms with E-state index in [4.69, 9.17) is 4.74 Å². The summed E-state index contributed by atoms with van der Waals surface area (Å²) >= 11 is 0. The van der Waals surface area contributed by atoms with Crippen LogP contribution in [-0.2, 0) is 10.2 Å². The standard InChI is InChI=1S/C14H18O/c1-5-15-11-10-12-6-8-13(9-7-12)14(2,3)4/h6-9H,5H2,1-4H3. The average Bonchev–Trinajstić information content (AvgIpc) is 2.18. The van der Waals surface area contributed by atoms with Crippen molar-refractivity contribution in [3.8, 4) is 12.0 Å². The van der Waals surface area contributed by atoms with Gasteiger partial charge in [-0.25, -0.2) is 0 Å². The zero-order valence-corrected chi connectivity index (χ0v) is 9.92. The molecule has 15 heavy (non-hydrogen) atoms. The number of ether oxygens (including phenoxy) is 1. The molecule has 0 heterocycles. The Balaban J connectivity index is 2.79. The molecule has 0 radical (unpaired) electrons. The second-order valence-corrected chi connectivity index (χ2v) is 4.49. The highest BCUT2D eigenvalue weighted by Gasteiger charge is 2.12. The van der Waals surface area contributed by atoms with E-state index < -0.39 is 0 Å². The predicted molar refractivity (Wildman–Crippen MR) is 63.6 cm³/mol. The number of rotatable bonds is 1. The monoisotopic (exact) mass is 202 g/mol. The Morgan fingerprint density at radius 1 is 1.13 bits per heavy atom. The van der Waals surface area contributed by atoms with Crippen LogP contribution in [0.15, 0.2) is 24.3 Å². The molecule has 0 spiro atoms. The van der Waals surface area contributed by atoms with Gasteiger partial charge in [0.05, 0.1) is 6.61 Å². The Labute approximate surface area is 92.5 Å². The van der Waals surface area contributed by atoms with Crippen LogP contribution in [-0.4, -0.2) is 6.61 Å². The smallest absolute Gasteiger partial charge is 0.115 e. The third kappa shape index (κ3) is 3.67. The van der Waals surface area contributed by atoms with E-state index in [2.05, 4.69) is 44.9 Å². The molecule has 1 aromatic rings. The molecule has 0 amide bonds. The zero-order valence-electron chi connectivity index (χ0n) is 9.92. The topological polar surface area (TPSA) is 9.23 Å². The highest BCUT2D eigenvalue weighted by molar-refractivity contribution is 5.37. The molecule has 1 aromatic carbocycles. The van der Waals surface area contributed by atoms with Crippen LogP contribution in [0.5, 0.6) is 0 Å². The van der Waals surface area contributed by atoms with E-state index >= 15 is 0 Å². The summed E-state index contributed by atoms with van der Waals surface area (Å²) in [5.74, 6) is 2.95. The summed E-state index contributed by atoms with van der Waals surface area (Å²) in [7, 11) is 0. The first-order valence-electron chi connectivity index (χ1n) is 5.27. The van der Waals surface area contributed by atoms with E-state index in [1.165, 1.54) is 5.56 Å². The molecule has 1 heteroatoms. The molecule has 0 bridgehead atoms. The highest BCUT2D eigenvalue weighted by atomic mass is 16.5. The third-order valence-electron chi connectivity index (χ3n) is 2.16. The maximum atomic E-state index is 4.97. The van der Waals surface area contributed by atoms with Gasteiger partial charge in [0.15, 0.2) is 0 Å². The molecule has 0 aromatic heterocycles. The minimum absolute atomic E-state index is 0.200. The lowest BCUT2D eigenvalue weighted by atomic mass is 9.87. The van der Waals surface area contributed by atoms with Gasteiger partial charge in [0.25, 0.3) is 0 Å². The molecular weight excluding hydrogens is 184 g/mol. The molecule has 0 saturated carbocycles. The quantitative estimate of drug-likeness (QED) is 0.635. The molecule has 0 atom stereocenters. The summed E-state index contributed by atoms with van der Waals surface area (Å²) in [5, 5.41) is 0. The minimum atomic E-state index is 0.200. The Morgan fingerprint density at radius 3 is 2.20 bits per heavy atom. The summed E-state index contributed by atoms with van der Waals surface area (Å²) in [5.41, 5.74) is 2.52. The minimum Gasteiger partial charge on any atom is -0.447 e. The number of hydrogen-bond acceptors (Lipinski definition) is 1. The van der Waals surface area contributed by atoms with Crippen molar-refractivity contribution >= 4 is 0 Å². The molecule has 1 nitrogen and oxygen atoms in total. The van der Waals surface area contributed by atoms with E-state index in [9.17, 15) is 0 Å². The maximum absolute atomic E-state index is 4.97. The second-order valence-electron chi connectivity index (χ2n) is 4.49. The van der Waals surface area contributed by atoms with E-state index in [1.807, 2.05) is 19.1 Å². The van der Waals surface area contributed by atoms with Crippen LogP contribution >= 0.6 is 0 Å². The van der Waals surface area contributed by atoms with Gasteiger partial charge in [0, 0.05) is 5.56 Å². The molecule has 0 N–H and O–H groups in total. The fraction of sp³-hybridized carbons (Fsp3) is 0.429. The Morgan fingerprint density at radius 2 is 1.73 bits per heavy atom. The first-order chi connectivity index (χ1) is 7.04. The summed E-state index contributed by atoms with van der Waals surface area (Å²) in [6.45, 7) is 9.17. The molecule has 80 valence electrons. The van der Waals surface area contributed by atoms with Gasteiger partial charge in [-0.15, -0.1) is 0 Å². The highest BCUT2D eigenvalue weighted by Crippen LogP contribution is 2.21. The zero-order chi connectivity index (χ0) is 11.3. The van der Waals surface area contributed by atoms with Crippen molar-refractivity contribution in [1.82, 2.24) is 0 Å². The molecule has 0 unspecified atom stereocenters. The predicted octanol–water partition coefficient (Wildman–Crippen LogP) is 3.33. The van der Waals surface area contributed by atoms with E-state index in [0.717, 1.165) is 5.56 Å². The van der Waals surface area contributed by atoms with Gasteiger partial charge in [0.2, 0.25) is 0 Å². The first-order valence-corrected chi connectivity index (χ1v) is 5.27. The van der Waals surface area contributed by atoms with Gasteiger partial charge in [0.1, 0.15) is 6.11 Å². The van der Waals surface area contributed by atoms with Crippen molar-refractivity contribution in [2.75, 3.05) is 6.61 Å². The summed E-state index contributed by atoms with van der Waals surface area (Å²) in [6.07, 6.45) is 2.66. The third-order valence-corrected chi connectivity index (χ3v) is 2.16. The van der Waals surface area contributed by atoms with Gasteiger partial charge in [-0.05, 0) is 36.0 Å². The fourth-order valence-corrected chi connectivity index (χ4v) is 1.22. The summed E-state index contributed by atoms with van der Waals surface area (Å²) in [4.78, 5) is 0. The Bertz CT molecular complexity index is 357. The normalized spacial score (nSPS) is 10.4. The van der Waals surface area contributed by atoms with Crippen LogP contribution in [0.25, 0.3) is 0 Å². The molecule has 0 fully saturated rings. The van der Waals surface area contributed by atoms with Crippen LogP contribution in [0.4, 0.5) is 0 Å². The lowest BCUT2D eigenvalue weighted by molar-refractivity contribution is 0.299. The van der Waals surface area contributed by atoms with Crippen LogP contribution in [0.2, 0.25) is 0 Å². The van der Waals surface area contributed by atoms with Crippen molar-refractivity contribution in [1.29, 1.82) is 0 Å². The SMILES string of the molecule is CCOC#Cc1ccc(C(C)(C)C)cc1. The maximum Gasteiger partial charge on any atom is 0.115 e. The van der Waals surface area contributed by atoms with Crippen molar-refractivity contribution in [3.63, 3.8) is 0 Å². The van der Waals surface area contributed by atoms with Crippen molar-refractivity contribution in [2.24, 2.45) is 0 Å². The molecule has 0 saturated heterocycles. The van der Waals surface area contributed by atoms with Crippen molar-refractivity contribution in [2.45, 2.75) is 33.1 Å². The number of benzene rings is 1. The summed E-state index contributed by atoms with van der Waals surface area (Å²) < 4.78 is 4.97. The van der Waals surface area contributed by atoms with E-state index in [1.54, 1.807) is 0 Å². The summed E-state index contributed by atoms with van der Waals surface area (Å²) in [6, 6.07) is 8.31. The second kappa shape index (κ2) is 4.89. The lowest BCUT2D eigenvalue weighted by Gasteiger charge is -2.18. The average molecular weight is 202 g/mol. The fourth-order valence-electron chi connectivity index (χ4n) is 1.22. The van der Waals surface area contributed by atoms with Crippen molar-refractivity contribution in [3.05, 3.63) is 35.4 Å².